The number of nitrogens with zero attached hydrogens (tertiary/aromatic N) is 1. The van der Waals surface area contributed by atoms with Gasteiger partial charge in [0.25, 0.3) is 0 Å². The Hall–Kier alpha value is -1.94. The van der Waals surface area contributed by atoms with Gasteiger partial charge in [0.2, 0.25) is 5.88 Å². The molecule has 1 N–H and O–H groups in total. The third kappa shape index (κ3) is 4.63. The van der Waals surface area contributed by atoms with Crippen LogP contribution in [0.2, 0.25) is 0 Å². The van der Waals surface area contributed by atoms with E-state index in [1.54, 1.807) is 24.4 Å². The van der Waals surface area contributed by atoms with Crippen molar-refractivity contribution in [1.82, 2.24) is 10.3 Å². The Morgan fingerprint density at radius 3 is 2.60 bits per heavy atom. The minimum Gasteiger partial charge on any atom is -0.439 e. The van der Waals surface area contributed by atoms with Gasteiger partial charge in [-0.15, -0.1) is 0 Å². The zero-order chi connectivity index (χ0) is 14.6. The Labute approximate surface area is 118 Å². The molecule has 0 fully saturated rings. The second-order valence-corrected chi connectivity index (χ2v) is 5.67. The molecular weight excluding hydrogens is 255 g/mol. The third-order valence-corrected chi connectivity index (χ3v) is 2.64. The Morgan fingerprint density at radius 2 is 2.00 bits per heavy atom. The van der Waals surface area contributed by atoms with E-state index in [4.69, 9.17) is 4.74 Å². The molecule has 0 aliphatic carbocycles. The lowest BCUT2D eigenvalue weighted by Crippen LogP contribution is -2.35. The van der Waals surface area contributed by atoms with Crippen molar-refractivity contribution < 1.29 is 9.13 Å². The molecule has 1 aromatic heterocycles. The van der Waals surface area contributed by atoms with E-state index in [9.17, 15) is 4.39 Å². The Balaban J connectivity index is 1.98. The Kier molecular flexibility index (Phi) is 4.35. The minimum absolute atomic E-state index is 0.0662. The maximum Gasteiger partial charge on any atom is 0.219 e. The van der Waals surface area contributed by atoms with Crippen molar-refractivity contribution in [3.63, 3.8) is 0 Å². The number of hydrogen-bond donors (Lipinski definition) is 1. The Bertz CT molecular complexity index is 561. The highest BCUT2D eigenvalue weighted by molar-refractivity contribution is 5.28. The molecule has 2 rings (SSSR count). The number of benzene rings is 1. The van der Waals surface area contributed by atoms with Crippen molar-refractivity contribution in [2.75, 3.05) is 0 Å². The van der Waals surface area contributed by atoms with E-state index in [0.717, 1.165) is 12.1 Å². The van der Waals surface area contributed by atoms with Crippen LogP contribution >= 0.6 is 0 Å². The molecule has 0 atom stereocenters. The van der Waals surface area contributed by atoms with Crippen molar-refractivity contribution in [3.05, 3.63) is 54.0 Å². The topological polar surface area (TPSA) is 34.1 Å². The third-order valence-electron chi connectivity index (χ3n) is 2.64. The summed E-state index contributed by atoms with van der Waals surface area (Å²) in [6, 6.07) is 9.73. The number of pyridine rings is 1. The first-order valence-electron chi connectivity index (χ1n) is 6.56. The fraction of sp³-hybridized carbons (Fsp3) is 0.312. The molecule has 20 heavy (non-hydrogen) atoms. The average molecular weight is 274 g/mol. The summed E-state index contributed by atoms with van der Waals surface area (Å²) in [7, 11) is 0. The predicted octanol–water partition coefficient (Wildman–Crippen LogP) is 3.90. The average Bonchev–Trinajstić information content (AvgIpc) is 2.37. The summed E-state index contributed by atoms with van der Waals surface area (Å²) in [4.78, 5) is 4.22. The fourth-order valence-electron chi connectivity index (χ4n) is 1.59. The first-order chi connectivity index (χ1) is 9.42. The highest BCUT2D eigenvalue weighted by Gasteiger charge is 2.08. The van der Waals surface area contributed by atoms with Crippen LogP contribution in [-0.2, 0) is 6.54 Å². The van der Waals surface area contributed by atoms with Crippen LogP contribution < -0.4 is 10.1 Å². The summed E-state index contributed by atoms with van der Waals surface area (Å²) in [5.41, 5.74) is 1.14. The molecule has 3 nitrogen and oxygen atoms in total. The first-order valence-corrected chi connectivity index (χ1v) is 6.56. The lowest BCUT2D eigenvalue weighted by atomic mass is 10.1. The minimum atomic E-state index is -0.325. The van der Waals surface area contributed by atoms with Crippen molar-refractivity contribution in [2.45, 2.75) is 32.9 Å². The van der Waals surface area contributed by atoms with E-state index in [1.807, 2.05) is 6.07 Å². The molecule has 1 heterocycles. The van der Waals surface area contributed by atoms with Crippen LogP contribution in [0.15, 0.2) is 42.6 Å². The predicted molar refractivity (Wildman–Crippen MR) is 77.3 cm³/mol. The molecule has 0 bridgehead atoms. The summed E-state index contributed by atoms with van der Waals surface area (Å²) in [6.45, 7) is 7.09. The molecule has 0 spiro atoms. The van der Waals surface area contributed by atoms with Gasteiger partial charge >= 0.3 is 0 Å². The molecule has 0 unspecified atom stereocenters. The summed E-state index contributed by atoms with van der Waals surface area (Å²) < 4.78 is 18.5. The van der Waals surface area contributed by atoms with Gasteiger partial charge in [0.1, 0.15) is 11.6 Å². The van der Waals surface area contributed by atoms with Crippen molar-refractivity contribution in [1.29, 1.82) is 0 Å². The highest BCUT2D eigenvalue weighted by atomic mass is 19.1. The largest absolute Gasteiger partial charge is 0.439 e. The quantitative estimate of drug-likeness (QED) is 0.918. The van der Waals surface area contributed by atoms with Crippen LogP contribution in [0, 0.1) is 5.82 Å². The van der Waals surface area contributed by atoms with E-state index in [0.29, 0.717) is 11.6 Å². The van der Waals surface area contributed by atoms with Gasteiger partial charge in [-0.3, -0.25) is 0 Å². The van der Waals surface area contributed by atoms with Crippen molar-refractivity contribution in [2.24, 2.45) is 0 Å². The lowest BCUT2D eigenvalue weighted by Gasteiger charge is -2.20. The van der Waals surface area contributed by atoms with Crippen molar-refractivity contribution >= 4 is 0 Å². The molecule has 0 saturated carbocycles. The lowest BCUT2D eigenvalue weighted by molar-refractivity contribution is 0.423. The molecule has 4 heteroatoms. The molecule has 106 valence electrons. The van der Waals surface area contributed by atoms with Crippen LogP contribution in [0.3, 0.4) is 0 Å². The van der Waals surface area contributed by atoms with Crippen LogP contribution in [0.1, 0.15) is 26.3 Å². The van der Waals surface area contributed by atoms with Gasteiger partial charge < -0.3 is 10.1 Å². The number of aromatic nitrogens is 1. The molecule has 0 radical (unpaired) electrons. The standard InChI is InChI=1S/C16H19FN2O/c1-16(2,3)19-11-12-7-8-15(18-10-12)20-14-6-4-5-13(17)9-14/h4-10,19H,11H2,1-3H3. The van der Waals surface area contributed by atoms with E-state index >= 15 is 0 Å². The highest BCUT2D eigenvalue weighted by Crippen LogP contribution is 2.20. The number of halogens is 1. The van der Waals surface area contributed by atoms with Gasteiger partial charge in [-0.25, -0.2) is 9.37 Å². The van der Waals surface area contributed by atoms with E-state index < -0.39 is 0 Å². The SMILES string of the molecule is CC(C)(C)NCc1ccc(Oc2cccc(F)c2)nc1. The molecule has 0 aliphatic heterocycles. The molecule has 0 aliphatic rings. The van der Waals surface area contributed by atoms with E-state index in [-0.39, 0.29) is 11.4 Å². The monoisotopic (exact) mass is 274 g/mol. The molecule has 0 saturated heterocycles. The fourth-order valence-corrected chi connectivity index (χ4v) is 1.59. The number of nitrogens with one attached hydrogen (secondary N) is 1. The van der Waals surface area contributed by atoms with Gasteiger partial charge in [0, 0.05) is 30.4 Å². The molecular formula is C16H19FN2O. The summed E-state index contributed by atoms with van der Waals surface area (Å²) in [5, 5.41) is 3.38. The first kappa shape index (κ1) is 14.5. The summed E-state index contributed by atoms with van der Waals surface area (Å²) >= 11 is 0. The number of ether oxygens (including phenoxy) is 1. The number of hydrogen-bond acceptors (Lipinski definition) is 3. The molecule has 1 aromatic carbocycles. The van der Waals surface area contributed by atoms with Gasteiger partial charge in [-0.1, -0.05) is 12.1 Å². The second-order valence-electron chi connectivity index (χ2n) is 5.67. The zero-order valence-electron chi connectivity index (χ0n) is 12.0. The normalized spacial score (nSPS) is 11.4. The smallest absolute Gasteiger partial charge is 0.219 e. The van der Waals surface area contributed by atoms with Crippen LogP contribution in [0.25, 0.3) is 0 Å². The van der Waals surface area contributed by atoms with Crippen LogP contribution in [0.4, 0.5) is 4.39 Å². The van der Waals surface area contributed by atoms with E-state index in [2.05, 4.69) is 31.1 Å². The Morgan fingerprint density at radius 1 is 1.20 bits per heavy atom. The second kappa shape index (κ2) is 6.01. The van der Waals surface area contributed by atoms with Gasteiger partial charge in [0.05, 0.1) is 0 Å². The van der Waals surface area contributed by atoms with Gasteiger partial charge in [-0.05, 0) is 38.5 Å². The number of rotatable bonds is 4. The van der Waals surface area contributed by atoms with Crippen LogP contribution in [-0.4, -0.2) is 10.5 Å². The molecule has 2 aromatic rings. The van der Waals surface area contributed by atoms with Crippen molar-refractivity contribution in [3.8, 4) is 11.6 Å². The maximum absolute atomic E-state index is 13.0. The summed E-state index contributed by atoms with van der Waals surface area (Å²) in [6.07, 6.45) is 1.76. The molecule has 0 amide bonds. The maximum atomic E-state index is 13.0. The van der Waals surface area contributed by atoms with Crippen LogP contribution in [0.5, 0.6) is 11.6 Å². The summed E-state index contributed by atoms with van der Waals surface area (Å²) in [5.74, 6) is 0.571. The van der Waals surface area contributed by atoms with Gasteiger partial charge in [0.15, 0.2) is 0 Å². The zero-order valence-corrected chi connectivity index (χ0v) is 12.0. The van der Waals surface area contributed by atoms with E-state index in [1.165, 1.54) is 12.1 Å². The van der Waals surface area contributed by atoms with Gasteiger partial charge in [-0.2, -0.15) is 0 Å².